The van der Waals surface area contributed by atoms with Gasteiger partial charge in [-0.25, -0.2) is 0 Å². The molecule has 0 saturated heterocycles. The summed E-state index contributed by atoms with van der Waals surface area (Å²) in [5.74, 6) is 0.730. The molecular weight excluding hydrogens is 352 g/mol. The number of benzene rings is 2. The molecule has 2 rings (SSSR count). The van der Waals surface area contributed by atoms with Crippen LogP contribution in [0.2, 0.25) is 5.02 Å². The summed E-state index contributed by atoms with van der Waals surface area (Å²) in [7, 11) is 0. The second kappa shape index (κ2) is 6.95. The molecule has 0 aliphatic carbocycles. The van der Waals surface area contributed by atoms with Crippen LogP contribution >= 0.6 is 27.5 Å². The molecule has 0 unspecified atom stereocenters. The van der Waals surface area contributed by atoms with E-state index in [1.807, 2.05) is 25.1 Å². The smallest absolute Gasteiger partial charge is 0.124 e. The molecule has 0 aromatic heterocycles. The van der Waals surface area contributed by atoms with Gasteiger partial charge < -0.3 is 10.5 Å². The molecule has 2 aromatic carbocycles. The van der Waals surface area contributed by atoms with Gasteiger partial charge in [-0.15, -0.1) is 0 Å². The molecule has 0 aliphatic rings. The van der Waals surface area contributed by atoms with Crippen molar-refractivity contribution in [3.8, 4) is 11.8 Å². The number of hydrogen-bond acceptors (Lipinski definition) is 3. The summed E-state index contributed by atoms with van der Waals surface area (Å²) >= 11 is 9.56. The molecule has 1 atom stereocenters. The SMILES string of the molecule is C[C@H](N)c1cc(Br)ccc1OCc1ccc(C#N)cc1Cl. The van der Waals surface area contributed by atoms with E-state index >= 15 is 0 Å². The summed E-state index contributed by atoms with van der Waals surface area (Å²) in [6, 6.07) is 12.8. The van der Waals surface area contributed by atoms with E-state index in [2.05, 4.69) is 22.0 Å². The van der Waals surface area contributed by atoms with E-state index in [9.17, 15) is 0 Å². The molecule has 0 fully saturated rings. The molecule has 21 heavy (non-hydrogen) atoms. The van der Waals surface area contributed by atoms with Crippen molar-refractivity contribution in [3.63, 3.8) is 0 Å². The van der Waals surface area contributed by atoms with Gasteiger partial charge in [-0.05, 0) is 37.3 Å². The molecule has 0 radical (unpaired) electrons. The van der Waals surface area contributed by atoms with Crippen molar-refractivity contribution in [2.24, 2.45) is 5.73 Å². The molecule has 0 bridgehead atoms. The van der Waals surface area contributed by atoms with Crippen LogP contribution in [-0.2, 0) is 6.61 Å². The summed E-state index contributed by atoms with van der Waals surface area (Å²) in [5, 5.41) is 9.35. The van der Waals surface area contributed by atoms with Gasteiger partial charge in [-0.3, -0.25) is 0 Å². The van der Waals surface area contributed by atoms with Gasteiger partial charge in [-0.1, -0.05) is 33.6 Å². The zero-order valence-electron chi connectivity index (χ0n) is 11.4. The predicted octanol–water partition coefficient (Wildman–Crippen LogP) is 4.57. The average molecular weight is 366 g/mol. The number of rotatable bonds is 4. The highest BCUT2D eigenvalue weighted by Gasteiger charge is 2.10. The van der Waals surface area contributed by atoms with Crippen LogP contribution in [0.1, 0.15) is 29.7 Å². The lowest BCUT2D eigenvalue weighted by molar-refractivity contribution is 0.301. The van der Waals surface area contributed by atoms with Gasteiger partial charge in [0, 0.05) is 26.7 Å². The number of nitrogens with zero attached hydrogens (tertiary/aromatic N) is 1. The highest BCUT2D eigenvalue weighted by Crippen LogP contribution is 2.29. The Balaban J connectivity index is 2.19. The Morgan fingerprint density at radius 1 is 1.33 bits per heavy atom. The molecule has 2 N–H and O–H groups in total. The van der Waals surface area contributed by atoms with Crippen LogP contribution < -0.4 is 10.5 Å². The third-order valence-corrected chi connectivity index (χ3v) is 3.87. The Labute approximate surface area is 137 Å². The zero-order chi connectivity index (χ0) is 15.4. The lowest BCUT2D eigenvalue weighted by Crippen LogP contribution is -2.08. The van der Waals surface area contributed by atoms with Crippen molar-refractivity contribution < 1.29 is 4.74 Å². The summed E-state index contributed by atoms with van der Waals surface area (Å²) in [5.41, 5.74) is 8.24. The van der Waals surface area contributed by atoms with Crippen LogP contribution in [-0.4, -0.2) is 0 Å². The fourth-order valence-electron chi connectivity index (χ4n) is 1.90. The number of nitriles is 1. The largest absolute Gasteiger partial charge is 0.489 e. The van der Waals surface area contributed by atoms with Gasteiger partial charge in [0.15, 0.2) is 0 Å². The number of ether oxygens (including phenoxy) is 1. The molecule has 0 aliphatic heterocycles. The second-order valence-electron chi connectivity index (χ2n) is 4.68. The first-order valence-electron chi connectivity index (χ1n) is 6.37. The Morgan fingerprint density at radius 3 is 2.71 bits per heavy atom. The number of halogens is 2. The van der Waals surface area contributed by atoms with Crippen LogP contribution in [0.25, 0.3) is 0 Å². The molecule has 0 heterocycles. The van der Waals surface area contributed by atoms with Gasteiger partial charge in [0.1, 0.15) is 12.4 Å². The molecular formula is C16H14BrClN2O. The normalized spacial score (nSPS) is 11.8. The molecule has 3 nitrogen and oxygen atoms in total. The zero-order valence-corrected chi connectivity index (χ0v) is 13.8. The molecule has 108 valence electrons. The maximum atomic E-state index is 8.83. The Bertz CT molecular complexity index is 695. The van der Waals surface area contributed by atoms with Crippen molar-refractivity contribution in [2.75, 3.05) is 0 Å². The van der Waals surface area contributed by atoms with Crippen molar-refractivity contribution in [3.05, 3.63) is 62.6 Å². The van der Waals surface area contributed by atoms with Gasteiger partial charge in [0.2, 0.25) is 0 Å². The van der Waals surface area contributed by atoms with Gasteiger partial charge in [-0.2, -0.15) is 5.26 Å². The summed E-state index contributed by atoms with van der Waals surface area (Å²) < 4.78 is 6.78. The third-order valence-electron chi connectivity index (χ3n) is 3.03. The Hall–Kier alpha value is -1.54. The van der Waals surface area contributed by atoms with E-state index in [-0.39, 0.29) is 6.04 Å². The molecule has 5 heteroatoms. The van der Waals surface area contributed by atoms with Crippen LogP contribution in [0.3, 0.4) is 0 Å². The maximum Gasteiger partial charge on any atom is 0.124 e. The molecule has 0 amide bonds. The lowest BCUT2D eigenvalue weighted by Gasteiger charge is -2.15. The minimum absolute atomic E-state index is 0.131. The highest BCUT2D eigenvalue weighted by atomic mass is 79.9. The molecule has 0 spiro atoms. The van der Waals surface area contributed by atoms with Crippen LogP contribution in [0, 0.1) is 11.3 Å². The van der Waals surface area contributed by atoms with E-state index in [0.717, 1.165) is 21.3 Å². The highest BCUT2D eigenvalue weighted by molar-refractivity contribution is 9.10. The fourth-order valence-corrected chi connectivity index (χ4v) is 2.51. The minimum Gasteiger partial charge on any atom is -0.489 e. The maximum absolute atomic E-state index is 8.83. The average Bonchev–Trinajstić information content (AvgIpc) is 2.46. The topological polar surface area (TPSA) is 59.0 Å². The first-order valence-corrected chi connectivity index (χ1v) is 7.54. The second-order valence-corrected chi connectivity index (χ2v) is 6.00. The fraction of sp³-hybridized carbons (Fsp3) is 0.188. The van der Waals surface area contributed by atoms with Crippen LogP contribution in [0.5, 0.6) is 5.75 Å². The van der Waals surface area contributed by atoms with E-state index < -0.39 is 0 Å². The van der Waals surface area contributed by atoms with E-state index in [1.165, 1.54) is 0 Å². The predicted molar refractivity (Wildman–Crippen MR) is 87.2 cm³/mol. The quantitative estimate of drug-likeness (QED) is 0.863. The van der Waals surface area contributed by atoms with Crippen molar-refractivity contribution in [1.29, 1.82) is 5.26 Å². The Kier molecular flexibility index (Phi) is 5.24. The summed E-state index contributed by atoms with van der Waals surface area (Å²) in [6.07, 6.45) is 0. The standard InChI is InChI=1S/C16H14BrClN2O/c1-10(20)14-7-13(17)4-5-16(14)21-9-12-3-2-11(8-19)6-15(12)18/h2-7,10H,9,20H2,1H3/t10-/m0/s1. The minimum atomic E-state index is -0.131. The summed E-state index contributed by atoms with van der Waals surface area (Å²) in [4.78, 5) is 0. The van der Waals surface area contributed by atoms with Crippen LogP contribution in [0.4, 0.5) is 0 Å². The van der Waals surface area contributed by atoms with Crippen LogP contribution in [0.15, 0.2) is 40.9 Å². The monoisotopic (exact) mass is 364 g/mol. The van der Waals surface area contributed by atoms with Crippen molar-refractivity contribution >= 4 is 27.5 Å². The number of hydrogen-bond donors (Lipinski definition) is 1. The molecule has 2 aromatic rings. The lowest BCUT2D eigenvalue weighted by atomic mass is 10.1. The van der Waals surface area contributed by atoms with Gasteiger partial charge in [0.25, 0.3) is 0 Å². The number of nitrogens with two attached hydrogens (primary N) is 1. The van der Waals surface area contributed by atoms with E-state index in [1.54, 1.807) is 18.2 Å². The first-order chi connectivity index (χ1) is 10.0. The van der Waals surface area contributed by atoms with Gasteiger partial charge in [0.05, 0.1) is 11.6 Å². The Morgan fingerprint density at radius 2 is 2.10 bits per heavy atom. The van der Waals surface area contributed by atoms with E-state index in [4.69, 9.17) is 27.3 Å². The third kappa shape index (κ3) is 3.98. The van der Waals surface area contributed by atoms with Gasteiger partial charge >= 0.3 is 0 Å². The van der Waals surface area contributed by atoms with Crippen molar-refractivity contribution in [2.45, 2.75) is 19.6 Å². The van der Waals surface area contributed by atoms with E-state index in [0.29, 0.717) is 17.2 Å². The van der Waals surface area contributed by atoms with Crippen molar-refractivity contribution in [1.82, 2.24) is 0 Å². The summed E-state index contributed by atoms with van der Waals surface area (Å²) in [6.45, 7) is 2.23. The first kappa shape index (κ1) is 15.8. The molecule has 0 saturated carbocycles.